The predicted octanol–water partition coefficient (Wildman–Crippen LogP) is 2.91. The fourth-order valence-corrected chi connectivity index (χ4v) is 1.50. The summed E-state index contributed by atoms with van der Waals surface area (Å²) in [7, 11) is 0. The van der Waals surface area contributed by atoms with E-state index in [1.54, 1.807) is 0 Å². The van der Waals surface area contributed by atoms with Crippen LogP contribution in [0.5, 0.6) is 0 Å². The standard InChI is InChI=1S/C12H23N3/c1-6-10(4)14-11(5)12-7-13-15(8-12)9(2)3/h7-11,14H,6H2,1-5H3. The van der Waals surface area contributed by atoms with E-state index < -0.39 is 0 Å². The first-order valence-electron chi connectivity index (χ1n) is 5.84. The Morgan fingerprint density at radius 1 is 1.33 bits per heavy atom. The van der Waals surface area contributed by atoms with Crippen LogP contribution in [0.2, 0.25) is 0 Å². The van der Waals surface area contributed by atoms with E-state index in [-0.39, 0.29) is 0 Å². The highest BCUT2D eigenvalue weighted by molar-refractivity contribution is 5.09. The van der Waals surface area contributed by atoms with Gasteiger partial charge < -0.3 is 5.32 Å². The second-order valence-corrected chi connectivity index (χ2v) is 4.55. The number of aromatic nitrogens is 2. The number of nitrogens with zero attached hydrogens (tertiary/aromatic N) is 2. The van der Waals surface area contributed by atoms with Gasteiger partial charge in [-0.3, -0.25) is 4.68 Å². The molecule has 1 aromatic rings. The second kappa shape index (κ2) is 5.31. The maximum Gasteiger partial charge on any atom is 0.0537 e. The molecule has 0 bridgehead atoms. The van der Waals surface area contributed by atoms with Crippen LogP contribution < -0.4 is 5.32 Å². The molecular weight excluding hydrogens is 186 g/mol. The van der Waals surface area contributed by atoms with Crippen LogP contribution in [0.1, 0.15) is 58.7 Å². The van der Waals surface area contributed by atoms with Crippen LogP contribution in [-0.2, 0) is 0 Å². The van der Waals surface area contributed by atoms with Crippen molar-refractivity contribution in [2.75, 3.05) is 0 Å². The third kappa shape index (κ3) is 3.34. The van der Waals surface area contributed by atoms with Crippen LogP contribution >= 0.6 is 0 Å². The normalized spacial score (nSPS) is 15.6. The first-order valence-corrected chi connectivity index (χ1v) is 5.84. The molecule has 0 aliphatic carbocycles. The van der Waals surface area contributed by atoms with Gasteiger partial charge in [0.15, 0.2) is 0 Å². The fraction of sp³-hybridized carbons (Fsp3) is 0.750. The average molecular weight is 209 g/mol. The topological polar surface area (TPSA) is 29.9 Å². The van der Waals surface area contributed by atoms with Gasteiger partial charge in [-0.05, 0) is 34.1 Å². The zero-order valence-electron chi connectivity index (χ0n) is 10.5. The lowest BCUT2D eigenvalue weighted by Crippen LogP contribution is -2.27. The molecule has 2 atom stereocenters. The van der Waals surface area contributed by atoms with Crippen molar-refractivity contribution in [3.63, 3.8) is 0 Å². The van der Waals surface area contributed by atoms with Crippen LogP contribution in [-0.4, -0.2) is 15.8 Å². The van der Waals surface area contributed by atoms with Gasteiger partial charge in [-0.15, -0.1) is 0 Å². The summed E-state index contributed by atoms with van der Waals surface area (Å²) in [5.41, 5.74) is 1.27. The van der Waals surface area contributed by atoms with Gasteiger partial charge in [0, 0.05) is 29.9 Å². The Morgan fingerprint density at radius 3 is 2.47 bits per heavy atom. The Balaban J connectivity index is 2.61. The lowest BCUT2D eigenvalue weighted by molar-refractivity contribution is 0.468. The van der Waals surface area contributed by atoms with E-state index in [1.807, 2.05) is 10.9 Å². The van der Waals surface area contributed by atoms with E-state index >= 15 is 0 Å². The minimum atomic E-state index is 0.382. The van der Waals surface area contributed by atoms with Crippen molar-refractivity contribution in [3.8, 4) is 0 Å². The smallest absolute Gasteiger partial charge is 0.0537 e. The molecule has 3 heteroatoms. The van der Waals surface area contributed by atoms with Crippen molar-refractivity contribution in [1.82, 2.24) is 15.1 Å². The van der Waals surface area contributed by atoms with Crippen molar-refractivity contribution in [3.05, 3.63) is 18.0 Å². The molecule has 0 aliphatic rings. The minimum absolute atomic E-state index is 0.382. The van der Waals surface area contributed by atoms with Crippen LogP contribution in [0, 0.1) is 0 Å². The van der Waals surface area contributed by atoms with Crippen molar-refractivity contribution in [1.29, 1.82) is 0 Å². The highest BCUT2D eigenvalue weighted by atomic mass is 15.3. The molecule has 2 unspecified atom stereocenters. The number of rotatable bonds is 5. The minimum Gasteiger partial charge on any atom is -0.308 e. The van der Waals surface area contributed by atoms with Crippen molar-refractivity contribution in [2.45, 2.75) is 59.2 Å². The molecule has 0 radical (unpaired) electrons. The Hall–Kier alpha value is -0.830. The summed E-state index contributed by atoms with van der Waals surface area (Å²) in [5.74, 6) is 0. The number of nitrogens with one attached hydrogen (secondary N) is 1. The number of hydrogen-bond donors (Lipinski definition) is 1. The van der Waals surface area contributed by atoms with Crippen molar-refractivity contribution < 1.29 is 0 Å². The van der Waals surface area contributed by atoms with Crippen LogP contribution in [0.25, 0.3) is 0 Å². The summed E-state index contributed by atoms with van der Waals surface area (Å²) in [6, 6.07) is 1.38. The van der Waals surface area contributed by atoms with Crippen LogP contribution in [0.3, 0.4) is 0 Å². The van der Waals surface area contributed by atoms with Crippen LogP contribution in [0.15, 0.2) is 12.4 Å². The van der Waals surface area contributed by atoms with E-state index in [1.165, 1.54) is 5.56 Å². The Bertz CT molecular complexity index is 291. The van der Waals surface area contributed by atoms with Gasteiger partial charge in [0.25, 0.3) is 0 Å². The summed E-state index contributed by atoms with van der Waals surface area (Å²) >= 11 is 0. The van der Waals surface area contributed by atoms with Gasteiger partial charge in [-0.1, -0.05) is 6.92 Å². The molecular formula is C12H23N3. The third-order valence-corrected chi connectivity index (χ3v) is 2.80. The highest BCUT2D eigenvalue weighted by Gasteiger charge is 2.10. The van der Waals surface area contributed by atoms with E-state index in [0.717, 1.165) is 6.42 Å². The molecule has 0 spiro atoms. The molecule has 0 amide bonds. The molecule has 1 heterocycles. The molecule has 0 saturated heterocycles. The van der Waals surface area contributed by atoms with Gasteiger partial charge in [-0.2, -0.15) is 5.10 Å². The summed E-state index contributed by atoms with van der Waals surface area (Å²) in [4.78, 5) is 0. The molecule has 86 valence electrons. The second-order valence-electron chi connectivity index (χ2n) is 4.55. The van der Waals surface area contributed by atoms with Crippen molar-refractivity contribution >= 4 is 0 Å². The van der Waals surface area contributed by atoms with Gasteiger partial charge in [-0.25, -0.2) is 0 Å². The SMILES string of the molecule is CCC(C)NC(C)c1cnn(C(C)C)c1. The van der Waals surface area contributed by atoms with Gasteiger partial charge in [0.05, 0.1) is 6.20 Å². The quantitative estimate of drug-likeness (QED) is 0.808. The summed E-state index contributed by atoms with van der Waals surface area (Å²) in [5, 5.41) is 7.89. The Morgan fingerprint density at radius 2 is 2.00 bits per heavy atom. The molecule has 0 aromatic carbocycles. The maximum absolute atomic E-state index is 4.35. The van der Waals surface area contributed by atoms with Crippen LogP contribution in [0.4, 0.5) is 0 Å². The lowest BCUT2D eigenvalue weighted by Gasteiger charge is -2.17. The molecule has 3 nitrogen and oxygen atoms in total. The van der Waals surface area contributed by atoms with E-state index in [0.29, 0.717) is 18.1 Å². The highest BCUT2D eigenvalue weighted by Crippen LogP contribution is 2.14. The van der Waals surface area contributed by atoms with Gasteiger partial charge in [0.2, 0.25) is 0 Å². The van der Waals surface area contributed by atoms with Gasteiger partial charge >= 0.3 is 0 Å². The monoisotopic (exact) mass is 209 g/mol. The first kappa shape index (κ1) is 12.2. The van der Waals surface area contributed by atoms with E-state index in [4.69, 9.17) is 0 Å². The zero-order valence-corrected chi connectivity index (χ0v) is 10.5. The summed E-state index contributed by atoms with van der Waals surface area (Å²) in [6.45, 7) is 10.9. The van der Waals surface area contributed by atoms with Crippen molar-refractivity contribution in [2.24, 2.45) is 0 Å². The fourth-order valence-electron chi connectivity index (χ4n) is 1.50. The van der Waals surface area contributed by atoms with E-state index in [9.17, 15) is 0 Å². The summed E-state index contributed by atoms with van der Waals surface area (Å²) < 4.78 is 2.00. The molecule has 0 saturated carbocycles. The van der Waals surface area contributed by atoms with Gasteiger partial charge in [0.1, 0.15) is 0 Å². The summed E-state index contributed by atoms with van der Waals surface area (Å²) in [6.07, 6.45) is 5.24. The number of hydrogen-bond acceptors (Lipinski definition) is 2. The molecule has 0 fully saturated rings. The molecule has 1 rings (SSSR count). The molecule has 1 N–H and O–H groups in total. The third-order valence-electron chi connectivity index (χ3n) is 2.80. The molecule has 0 aliphatic heterocycles. The van der Waals surface area contributed by atoms with E-state index in [2.05, 4.69) is 51.2 Å². The molecule has 15 heavy (non-hydrogen) atoms. The lowest BCUT2D eigenvalue weighted by atomic mass is 10.1. The first-order chi connectivity index (χ1) is 7.04. The predicted molar refractivity (Wildman–Crippen MR) is 63.9 cm³/mol. The Kier molecular flexibility index (Phi) is 4.33. The maximum atomic E-state index is 4.35. The zero-order chi connectivity index (χ0) is 11.4. The average Bonchev–Trinajstić information content (AvgIpc) is 2.66. The molecule has 1 aromatic heterocycles. The Labute approximate surface area is 92.9 Å². The largest absolute Gasteiger partial charge is 0.308 e.